The number of carbonyl (C=O) groups is 1. The van der Waals surface area contributed by atoms with Gasteiger partial charge in [0.15, 0.2) is 0 Å². The summed E-state index contributed by atoms with van der Waals surface area (Å²) >= 11 is 0. The van der Waals surface area contributed by atoms with E-state index in [-0.39, 0.29) is 5.57 Å². The van der Waals surface area contributed by atoms with Crippen LogP contribution in [0.4, 0.5) is 18.9 Å². The second-order valence-corrected chi connectivity index (χ2v) is 7.05. The van der Waals surface area contributed by atoms with Crippen molar-refractivity contribution < 1.29 is 18.0 Å². The van der Waals surface area contributed by atoms with Gasteiger partial charge in [-0.3, -0.25) is 4.79 Å². The summed E-state index contributed by atoms with van der Waals surface area (Å²) in [5.74, 6) is -0.595. The zero-order chi connectivity index (χ0) is 20.9. The minimum atomic E-state index is -4.54. The Morgan fingerprint density at radius 3 is 2.32 bits per heavy atom. The van der Waals surface area contributed by atoms with Crippen molar-refractivity contribution >= 4 is 11.6 Å². The number of alkyl halides is 3. The normalized spacial score (nSPS) is 16.1. The largest absolute Gasteiger partial charge is 0.416 e. The molecule has 1 N–H and O–H groups in total. The third-order valence-corrected chi connectivity index (χ3v) is 5.00. The average Bonchev–Trinajstić information content (AvgIpc) is 2.64. The highest BCUT2D eigenvalue weighted by atomic mass is 19.4. The summed E-state index contributed by atoms with van der Waals surface area (Å²) in [6, 6.07) is 5.40. The van der Waals surface area contributed by atoms with Crippen LogP contribution in [0, 0.1) is 13.8 Å². The molecule has 1 aromatic carbocycles. The summed E-state index contributed by atoms with van der Waals surface area (Å²) in [4.78, 5) is 14.8. The van der Waals surface area contributed by atoms with Gasteiger partial charge >= 0.3 is 6.18 Å². The number of halogens is 3. The third-order valence-electron chi connectivity index (χ3n) is 5.00. The lowest BCUT2D eigenvalue weighted by molar-refractivity contribution is -0.112. The molecule has 1 aromatic rings. The Hall–Kier alpha value is -2.50. The average molecular weight is 392 g/mol. The fraction of sp³-hybridized carbons (Fsp3) is 0.409. The van der Waals surface area contributed by atoms with Gasteiger partial charge in [0.25, 0.3) is 5.91 Å². The second-order valence-electron chi connectivity index (χ2n) is 7.05. The molecule has 1 aliphatic heterocycles. The molecule has 1 fully saturated rings. The van der Waals surface area contributed by atoms with E-state index < -0.39 is 17.7 Å². The molecule has 0 aromatic heterocycles. The molecular weight excluding hydrogens is 365 g/mol. The van der Waals surface area contributed by atoms with Crippen LogP contribution in [0.15, 0.2) is 53.8 Å². The first-order valence-corrected chi connectivity index (χ1v) is 9.41. The summed E-state index contributed by atoms with van der Waals surface area (Å²) in [6.07, 6.45) is 0.255. The smallest absolute Gasteiger partial charge is 0.371 e. The maximum absolute atomic E-state index is 13.3. The number of aryl methyl sites for hydroxylation is 2. The number of hydrogen-bond acceptors (Lipinski definition) is 2. The molecule has 0 atom stereocenters. The Morgan fingerprint density at radius 1 is 1.14 bits per heavy atom. The summed E-state index contributed by atoms with van der Waals surface area (Å²) < 4.78 is 39.9. The highest BCUT2D eigenvalue weighted by Crippen LogP contribution is 2.30. The lowest BCUT2D eigenvalue weighted by Crippen LogP contribution is -2.32. The predicted octanol–water partition coefficient (Wildman–Crippen LogP) is 5.68. The minimum absolute atomic E-state index is 0.0643. The van der Waals surface area contributed by atoms with Crippen molar-refractivity contribution in [3.05, 3.63) is 64.9 Å². The van der Waals surface area contributed by atoms with Crippen LogP contribution in [0.25, 0.3) is 0 Å². The van der Waals surface area contributed by atoms with E-state index in [0.29, 0.717) is 24.5 Å². The van der Waals surface area contributed by atoms with Gasteiger partial charge < -0.3 is 10.2 Å². The lowest BCUT2D eigenvalue weighted by atomic mass is 10.0. The summed E-state index contributed by atoms with van der Waals surface area (Å²) in [7, 11) is 0. The first-order chi connectivity index (χ1) is 13.1. The van der Waals surface area contributed by atoms with Gasteiger partial charge in [-0.15, -0.1) is 0 Å². The molecule has 0 bridgehead atoms. The van der Waals surface area contributed by atoms with Gasteiger partial charge in [-0.1, -0.05) is 18.7 Å². The first kappa shape index (κ1) is 21.8. The van der Waals surface area contributed by atoms with Crippen LogP contribution in [0.5, 0.6) is 0 Å². The van der Waals surface area contributed by atoms with Gasteiger partial charge in [0, 0.05) is 24.5 Å². The van der Waals surface area contributed by atoms with Crippen molar-refractivity contribution in [3.8, 4) is 0 Å². The second kappa shape index (κ2) is 9.13. The van der Waals surface area contributed by atoms with E-state index in [1.54, 1.807) is 12.1 Å². The fourth-order valence-electron chi connectivity index (χ4n) is 3.12. The van der Waals surface area contributed by atoms with Crippen LogP contribution in [0.3, 0.4) is 0 Å². The van der Waals surface area contributed by atoms with E-state index in [1.165, 1.54) is 6.92 Å². The monoisotopic (exact) mass is 392 g/mol. The Morgan fingerprint density at radius 2 is 1.79 bits per heavy atom. The standard InChI is InChI=1S/C22H27F3N2O/c1-5-18(22(23,24)25)14-20(17(4)27-11-7-6-8-12-27)21(28)26-19-10-9-15(2)16(3)13-19/h5,9-10,13-14H,4,6-8,11-12H2,1-3H3,(H,26,28)/b18-5+,20-14+. The van der Waals surface area contributed by atoms with E-state index in [9.17, 15) is 18.0 Å². The molecule has 0 radical (unpaired) electrons. The molecule has 28 heavy (non-hydrogen) atoms. The van der Waals surface area contributed by atoms with Crippen LogP contribution in [-0.2, 0) is 4.79 Å². The minimum Gasteiger partial charge on any atom is -0.371 e. The SMILES string of the molecule is C=C(/C(=C\C(=C/C)C(F)(F)F)C(=O)Nc1ccc(C)c(C)c1)N1CCCCC1. The molecule has 0 unspecified atom stereocenters. The Labute approximate surface area is 164 Å². The molecular formula is C22H27F3N2O. The maximum atomic E-state index is 13.3. The number of benzene rings is 1. The topological polar surface area (TPSA) is 32.3 Å². The fourth-order valence-corrected chi connectivity index (χ4v) is 3.12. The molecule has 152 valence electrons. The molecule has 0 saturated carbocycles. The number of anilines is 1. The zero-order valence-corrected chi connectivity index (χ0v) is 16.6. The number of nitrogens with zero attached hydrogens (tertiary/aromatic N) is 1. The van der Waals surface area contributed by atoms with E-state index in [1.807, 2.05) is 24.8 Å². The van der Waals surface area contributed by atoms with Crippen LogP contribution >= 0.6 is 0 Å². The van der Waals surface area contributed by atoms with Crippen molar-refractivity contribution in [1.29, 1.82) is 0 Å². The Kier molecular flexibility index (Phi) is 7.11. The van der Waals surface area contributed by atoms with E-state index >= 15 is 0 Å². The zero-order valence-electron chi connectivity index (χ0n) is 16.6. The Balaban J connectivity index is 2.37. The van der Waals surface area contributed by atoms with Crippen LogP contribution in [-0.4, -0.2) is 30.1 Å². The van der Waals surface area contributed by atoms with Gasteiger partial charge in [0.1, 0.15) is 0 Å². The highest BCUT2D eigenvalue weighted by molar-refractivity contribution is 6.07. The first-order valence-electron chi connectivity index (χ1n) is 9.41. The predicted molar refractivity (Wildman–Crippen MR) is 107 cm³/mol. The molecule has 1 aliphatic rings. The molecule has 3 nitrogen and oxygen atoms in total. The number of rotatable bonds is 5. The van der Waals surface area contributed by atoms with Crippen molar-refractivity contribution in [2.75, 3.05) is 18.4 Å². The molecule has 6 heteroatoms. The van der Waals surface area contributed by atoms with Crippen molar-refractivity contribution in [3.63, 3.8) is 0 Å². The van der Waals surface area contributed by atoms with Gasteiger partial charge in [-0.2, -0.15) is 13.2 Å². The number of piperidine rings is 1. The lowest BCUT2D eigenvalue weighted by Gasteiger charge is -2.31. The van der Waals surface area contributed by atoms with Gasteiger partial charge in [-0.05, 0) is 69.4 Å². The summed E-state index contributed by atoms with van der Waals surface area (Å²) in [5, 5.41) is 2.72. The number of hydrogen-bond donors (Lipinski definition) is 1. The maximum Gasteiger partial charge on any atom is 0.416 e. The van der Waals surface area contributed by atoms with Gasteiger partial charge in [0.2, 0.25) is 0 Å². The van der Waals surface area contributed by atoms with Crippen molar-refractivity contribution in [2.45, 2.75) is 46.2 Å². The number of likely N-dealkylation sites (tertiary alicyclic amines) is 1. The quantitative estimate of drug-likeness (QED) is 0.517. The highest BCUT2D eigenvalue weighted by Gasteiger charge is 2.33. The molecule has 0 spiro atoms. The summed E-state index contributed by atoms with van der Waals surface area (Å²) in [5.41, 5.74) is 1.99. The van der Waals surface area contributed by atoms with E-state index in [4.69, 9.17) is 0 Å². The van der Waals surface area contributed by atoms with Gasteiger partial charge in [0.05, 0.1) is 11.1 Å². The molecule has 1 heterocycles. The van der Waals surface area contributed by atoms with E-state index in [2.05, 4.69) is 11.9 Å². The van der Waals surface area contributed by atoms with Crippen LogP contribution < -0.4 is 5.32 Å². The Bertz CT molecular complexity index is 800. The van der Waals surface area contributed by atoms with Gasteiger partial charge in [-0.25, -0.2) is 0 Å². The number of carbonyl (C=O) groups excluding carboxylic acids is 1. The van der Waals surface area contributed by atoms with Crippen molar-refractivity contribution in [2.24, 2.45) is 0 Å². The number of amides is 1. The van der Waals surface area contributed by atoms with E-state index in [0.717, 1.165) is 42.5 Å². The molecule has 1 saturated heterocycles. The molecule has 2 rings (SSSR count). The van der Waals surface area contributed by atoms with Crippen LogP contribution in [0.1, 0.15) is 37.3 Å². The van der Waals surface area contributed by atoms with Crippen LogP contribution in [0.2, 0.25) is 0 Å². The number of nitrogens with one attached hydrogen (secondary N) is 1. The summed E-state index contributed by atoms with van der Waals surface area (Å²) in [6.45, 7) is 10.5. The molecule has 1 amide bonds. The number of allylic oxidation sites excluding steroid dienone is 3. The third kappa shape index (κ3) is 5.50. The molecule has 0 aliphatic carbocycles. The van der Waals surface area contributed by atoms with Crippen molar-refractivity contribution in [1.82, 2.24) is 4.90 Å².